The summed E-state index contributed by atoms with van der Waals surface area (Å²) in [6, 6.07) is 3.95. The van der Waals surface area contributed by atoms with Crippen LogP contribution < -0.4 is 5.32 Å². The number of anilines is 1. The molecule has 0 saturated heterocycles. The Hall–Kier alpha value is -1.55. The lowest BCUT2D eigenvalue weighted by Crippen LogP contribution is -2.11. The highest BCUT2D eigenvalue weighted by atomic mass is 35.5. The molecule has 0 fully saturated rings. The molecule has 5 heteroatoms. The molecule has 0 bridgehead atoms. The first-order valence-corrected chi connectivity index (χ1v) is 7.25. The van der Waals surface area contributed by atoms with Crippen molar-refractivity contribution in [2.45, 2.75) is 46.6 Å². The van der Waals surface area contributed by atoms with Gasteiger partial charge in [-0.15, -0.1) is 0 Å². The molecular formula is C15H20ClN3O. The molecule has 1 N–H and O–H groups in total. The smallest absolute Gasteiger partial charge is 0.137 e. The maximum absolute atomic E-state index is 6.17. The van der Waals surface area contributed by atoms with Gasteiger partial charge >= 0.3 is 0 Å². The molecule has 0 aliphatic carbocycles. The van der Waals surface area contributed by atoms with E-state index in [9.17, 15) is 0 Å². The third-order valence-electron chi connectivity index (χ3n) is 3.15. The molecule has 0 saturated carbocycles. The van der Waals surface area contributed by atoms with E-state index >= 15 is 0 Å². The van der Waals surface area contributed by atoms with Crippen molar-refractivity contribution in [3.8, 4) is 0 Å². The highest BCUT2D eigenvalue weighted by Gasteiger charge is 2.14. The second-order valence-corrected chi connectivity index (χ2v) is 5.33. The Morgan fingerprint density at radius 2 is 2.05 bits per heavy atom. The molecule has 0 aromatic carbocycles. The average Bonchev–Trinajstić information content (AvgIpc) is 2.82. The molecular weight excluding hydrogens is 274 g/mol. The van der Waals surface area contributed by atoms with Gasteiger partial charge in [0.1, 0.15) is 28.3 Å². The second-order valence-electron chi connectivity index (χ2n) is 4.97. The van der Waals surface area contributed by atoms with Crippen molar-refractivity contribution in [3.05, 3.63) is 40.2 Å². The highest BCUT2D eigenvalue weighted by molar-refractivity contribution is 6.30. The molecule has 2 aromatic rings. The first-order chi connectivity index (χ1) is 9.51. The van der Waals surface area contributed by atoms with Crippen molar-refractivity contribution in [1.82, 2.24) is 9.97 Å². The number of nitrogens with zero attached hydrogens (tertiary/aromatic N) is 2. The van der Waals surface area contributed by atoms with Gasteiger partial charge in [-0.3, -0.25) is 0 Å². The van der Waals surface area contributed by atoms with Crippen molar-refractivity contribution < 1.29 is 4.42 Å². The van der Waals surface area contributed by atoms with Crippen molar-refractivity contribution in [1.29, 1.82) is 0 Å². The van der Waals surface area contributed by atoms with Crippen LogP contribution in [0.4, 0.5) is 5.82 Å². The number of nitrogens with one attached hydrogen (secondary N) is 1. The summed E-state index contributed by atoms with van der Waals surface area (Å²) in [5.41, 5.74) is 0.863. The largest absolute Gasteiger partial charge is 0.464 e. The molecule has 2 heterocycles. The number of rotatable bonds is 5. The minimum Gasteiger partial charge on any atom is -0.464 e. The van der Waals surface area contributed by atoms with Crippen LogP contribution in [0.25, 0.3) is 0 Å². The Labute approximate surface area is 124 Å². The molecule has 1 unspecified atom stereocenters. The topological polar surface area (TPSA) is 51.0 Å². The van der Waals surface area contributed by atoms with E-state index in [2.05, 4.69) is 22.2 Å². The Morgan fingerprint density at radius 1 is 1.30 bits per heavy atom. The van der Waals surface area contributed by atoms with E-state index in [1.165, 1.54) is 0 Å². The predicted octanol–water partition coefficient (Wildman–Crippen LogP) is 4.47. The Morgan fingerprint density at radius 3 is 2.65 bits per heavy atom. The molecule has 4 nitrogen and oxygen atoms in total. The summed E-state index contributed by atoms with van der Waals surface area (Å²) in [5.74, 6) is 3.33. The zero-order valence-electron chi connectivity index (χ0n) is 12.3. The third kappa shape index (κ3) is 3.31. The van der Waals surface area contributed by atoms with E-state index in [0.717, 1.165) is 41.6 Å². The van der Waals surface area contributed by atoms with Gasteiger partial charge < -0.3 is 9.73 Å². The zero-order valence-corrected chi connectivity index (χ0v) is 13.1. The molecule has 2 aromatic heterocycles. The Balaban J connectivity index is 2.23. The summed E-state index contributed by atoms with van der Waals surface area (Å²) in [5, 5.41) is 3.86. The fourth-order valence-electron chi connectivity index (χ4n) is 1.97. The van der Waals surface area contributed by atoms with E-state index in [0.29, 0.717) is 5.15 Å². The van der Waals surface area contributed by atoms with Crippen LogP contribution in [0.5, 0.6) is 0 Å². The van der Waals surface area contributed by atoms with Gasteiger partial charge in [-0.1, -0.05) is 18.5 Å². The lowest BCUT2D eigenvalue weighted by molar-refractivity contribution is 0.466. The number of halogens is 1. The van der Waals surface area contributed by atoms with Gasteiger partial charge in [0.25, 0.3) is 0 Å². The van der Waals surface area contributed by atoms with Crippen LogP contribution in [-0.4, -0.2) is 9.97 Å². The van der Waals surface area contributed by atoms with Crippen LogP contribution in [-0.2, 0) is 6.42 Å². The number of aromatic nitrogens is 2. The fraction of sp³-hybridized carbons (Fsp3) is 0.467. The minimum absolute atomic E-state index is 0.0304. The van der Waals surface area contributed by atoms with E-state index < -0.39 is 0 Å². The molecule has 0 aliphatic heterocycles. The van der Waals surface area contributed by atoms with Crippen LogP contribution >= 0.6 is 11.6 Å². The summed E-state index contributed by atoms with van der Waals surface area (Å²) < 4.78 is 5.63. The zero-order chi connectivity index (χ0) is 14.7. The quantitative estimate of drug-likeness (QED) is 0.827. The van der Waals surface area contributed by atoms with E-state index in [1.54, 1.807) is 0 Å². The number of aryl methyl sites for hydroxylation is 2. The van der Waals surface area contributed by atoms with Crippen molar-refractivity contribution in [2.75, 3.05) is 5.32 Å². The Kier molecular flexibility index (Phi) is 4.65. The molecule has 108 valence electrons. The highest BCUT2D eigenvalue weighted by Crippen LogP contribution is 2.25. The molecule has 0 amide bonds. The van der Waals surface area contributed by atoms with Gasteiger partial charge in [0.15, 0.2) is 0 Å². The predicted molar refractivity (Wildman–Crippen MR) is 81.3 cm³/mol. The van der Waals surface area contributed by atoms with E-state index in [-0.39, 0.29) is 6.04 Å². The van der Waals surface area contributed by atoms with Crippen LogP contribution in [0.2, 0.25) is 5.15 Å². The summed E-state index contributed by atoms with van der Waals surface area (Å²) in [7, 11) is 0. The second kappa shape index (κ2) is 6.27. The minimum atomic E-state index is 0.0304. The average molecular weight is 294 g/mol. The lowest BCUT2D eigenvalue weighted by atomic mass is 10.2. The Bertz CT molecular complexity index is 595. The first-order valence-electron chi connectivity index (χ1n) is 6.87. The molecule has 1 atom stereocenters. The molecule has 0 aliphatic rings. The summed E-state index contributed by atoms with van der Waals surface area (Å²) in [6.07, 6.45) is 1.81. The van der Waals surface area contributed by atoms with Gasteiger partial charge in [-0.05, 0) is 39.3 Å². The summed E-state index contributed by atoms with van der Waals surface area (Å²) >= 11 is 6.17. The third-order valence-corrected chi connectivity index (χ3v) is 3.52. The van der Waals surface area contributed by atoms with Crippen molar-refractivity contribution in [2.24, 2.45) is 0 Å². The summed E-state index contributed by atoms with van der Waals surface area (Å²) in [4.78, 5) is 8.84. The monoisotopic (exact) mass is 293 g/mol. The van der Waals surface area contributed by atoms with Gasteiger partial charge in [0, 0.05) is 12.0 Å². The van der Waals surface area contributed by atoms with Gasteiger partial charge in [-0.2, -0.15) is 0 Å². The molecule has 2 rings (SSSR count). The van der Waals surface area contributed by atoms with E-state index in [4.69, 9.17) is 16.0 Å². The SMILES string of the molecule is CCCc1nc(Cl)c(C)c(NC(C)c2ccc(C)o2)n1. The molecule has 20 heavy (non-hydrogen) atoms. The van der Waals surface area contributed by atoms with Crippen LogP contribution in [0.15, 0.2) is 16.5 Å². The fourth-order valence-corrected chi connectivity index (χ4v) is 2.16. The van der Waals surface area contributed by atoms with Gasteiger partial charge in [0.2, 0.25) is 0 Å². The van der Waals surface area contributed by atoms with E-state index in [1.807, 2.05) is 32.9 Å². The van der Waals surface area contributed by atoms with Crippen LogP contribution in [0.3, 0.4) is 0 Å². The lowest BCUT2D eigenvalue weighted by Gasteiger charge is -2.15. The van der Waals surface area contributed by atoms with Crippen LogP contribution in [0.1, 0.15) is 49.2 Å². The number of hydrogen-bond donors (Lipinski definition) is 1. The summed E-state index contributed by atoms with van der Waals surface area (Å²) in [6.45, 7) is 7.98. The van der Waals surface area contributed by atoms with Gasteiger partial charge in [-0.25, -0.2) is 9.97 Å². The standard InChI is InChI=1S/C15H20ClN3O/c1-5-6-13-18-14(16)10(3)15(19-13)17-11(4)12-8-7-9(2)20-12/h7-8,11H,5-6H2,1-4H3,(H,17,18,19). The molecule has 0 spiro atoms. The van der Waals surface area contributed by atoms with Gasteiger partial charge in [0.05, 0.1) is 6.04 Å². The molecule has 0 radical (unpaired) electrons. The first kappa shape index (κ1) is 14.9. The van der Waals surface area contributed by atoms with Crippen molar-refractivity contribution >= 4 is 17.4 Å². The number of hydrogen-bond acceptors (Lipinski definition) is 4. The normalized spacial score (nSPS) is 12.4. The maximum Gasteiger partial charge on any atom is 0.137 e. The van der Waals surface area contributed by atoms with Crippen LogP contribution in [0, 0.1) is 13.8 Å². The van der Waals surface area contributed by atoms with Crippen molar-refractivity contribution in [3.63, 3.8) is 0 Å². The number of furan rings is 1. The maximum atomic E-state index is 6.17.